The molecule has 7 heteroatoms. The number of rotatable bonds is 3. The van der Waals surface area contributed by atoms with Gasteiger partial charge >= 0.3 is 0 Å². The second-order valence-corrected chi connectivity index (χ2v) is 7.64. The van der Waals surface area contributed by atoms with Gasteiger partial charge in [0.1, 0.15) is 0 Å². The van der Waals surface area contributed by atoms with Crippen LogP contribution in [0.15, 0.2) is 17.6 Å². The summed E-state index contributed by atoms with van der Waals surface area (Å²) in [7, 11) is -1.68. The maximum atomic E-state index is 12.8. The smallest absolute Gasteiger partial charge is 0.262 e. The molecule has 2 saturated heterocycles. The van der Waals surface area contributed by atoms with Crippen LogP contribution in [-0.4, -0.2) is 58.9 Å². The molecular formula is C13H22N4O2S. The van der Waals surface area contributed by atoms with Gasteiger partial charge in [-0.05, 0) is 25.8 Å². The number of hydrogen-bond donors (Lipinski definition) is 0. The summed E-state index contributed by atoms with van der Waals surface area (Å²) in [6, 6.07) is 0.452. The van der Waals surface area contributed by atoms with E-state index in [1.165, 1.54) is 6.42 Å². The number of nitrogens with zero attached hydrogens (tertiary/aromatic N) is 4. The first-order valence-electron chi connectivity index (χ1n) is 7.26. The van der Waals surface area contributed by atoms with Crippen molar-refractivity contribution in [3.05, 3.63) is 12.5 Å². The van der Waals surface area contributed by atoms with E-state index in [-0.39, 0.29) is 11.1 Å². The Hall–Kier alpha value is -0.920. The third kappa shape index (κ3) is 2.27. The van der Waals surface area contributed by atoms with Gasteiger partial charge < -0.3 is 4.57 Å². The van der Waals surface area contributed by atoms with E-state index in [2.05, 4.69) is 16.8 Å². The maximum absolute atomic E-state index is 12.8. The normalized spacial score (nSPS) is 28.7. The van der Waals surface area contributed by atoms with Crippen LogP contribution in [0.2, 0.25) is 0 Å². The molecule has 3 heterocycles. The van der Waals surface area contributed by atoms with Gasteiger partial charge in [-0.2, -0.15) is 4.31 Å². The molecule has 2 fully saturated rings. The predicted octanol–water partition coefficient (Wildman–Crippen LogP) is 0.667. The highest BCUT2D eigenvalue weighted by atomic mass is 32.2. The first kappa shape index (κ1) is 14.0. The van der Waals surface area contributed by atoms with Crippen molar-refractivity contribution in [1.82, 2.24) is 18.8 Å². The summed E-state index contributed by atoms with van der Waals surface area (Å²) >= 11 is 0. The van der Waals surface area contributed by atoms with E-state index in [1.807, 2.05) is 0 Å². The van der Waals surface area contributed by atoms with Crippen LogP contribution < -0.4 is 0 Å². The van der Waals surface area contributed by atoms with Crippen molar-refractivity contribution in [2.24, 2.45) is 7.05 Å². The van der Waals surface area contributed by atoms with Crippen molar-refractivity contribution in [3.8, 4) is 0 Å². The topological polar surface area (TPSA) is 58.4 Å². The van der Waals surface area contributed by atoms with E-state index >= 15 is 0 Å². The van der Waals surface area contributed by atoms with Crippen LogP contribution in [0, 0.1) is 0 Å². The molecule has 0 bridgehead atoms. The lowest BCUT2D eigenvalue weighted by Gasteiger charge is -2.42. The van der Waals surface area contributed by atoms with Crippen molar-refractivity contribution in [2.75, 3.05) is 19.6 Å². The Labute approximate surface area is 120 Å². The number of imidazole rings is 1. The van der Waals surface area contributed by atoms with E-state index in [4.69, 9.17) is 0 Å². The monoisotopic (exact) mass is 298 g/mol. The van der Waals surface area contributed by atoms with Crippen molar-refractivity contribution in [1.29, 1.82) is 0 Å². The van der Waals surface area contributed by atoms with Crippen LogP contribution in [0.4, 0.5) is 0 Å². The third-order valence-electron chi connectivity index (χ3n) is 4.47. The van der Waals surface area contributed by atoms with Crippen molar-refractivity contribution < 1.29 is 8.42 Å². The van der Waals surface area contributed by atoms with Gasteiger partial charge in [-0.3, -0.25) is 4.90 Å². The Kier molecular flexibility index (Phi) is 3.60. The third-order valence-corrected chi connectivity index (χ3v) is 6.27. The largest absolute Gasteiger partial charge is 0.339 e. The Morgan fingerprint density at radius 1 is 1.40 bits per heavy atom. The summed E-state index contributed by atoms with van der Waals surface area (Å²) in [5, 5.41) is 0.171. The summed E-state index contributed by atoms with van der Waals surface area (Å²) in [4.78, 5) is 6.48. The van der Waals surface area contributed by atoms with Crippen LogP contribution in [0.5, 0.6) is 0 Å². The average molecular weight is 298 g/mol. The van der Waals surface area contributed by atoms with Gasteiger partial charge in [-0.1, -0.05) is 6.92 Å². The molecule has 2 atom stereocenters. The minimum atomic E-state index is -3.47. The molecule has 0 amide bonds. The number of fused-ring (bicyclic) bond motifs is 1. The Balaban J connectivity index is 1.90. The van der Waals surface area contributed by atoms with Gasteiger partial charge in [0.2, 0.25) is 0 Å². The van der Waals surface area contributed by atoms with Gasteiger partial charge in [0.15, 0.2) is 5.03 Å². The zero-order valence-corrected chi connectivity index (χ0v) is 12.9. The van der Waals surface area contributed by atoms with Crippen molar-refractivity contribution >= 4 is 10.0 Å². The molecule has 3 rings (SSSR count). The Bertz CT molecular complexity index is 583. The summed E-state index contributed by atoms with van der Waals surface area (Å²) in [5.74, 6) is 0. The molecule has 0 radical (unpaired) electrons. The minimum Gasteiger partial charge on any atom is -0.339 e. The van der Waals surface area contributed by atoms with Gasteiger partial charge in [-0.15, -0.1) is 0 Å². The fourth-order valence-electron chi connectivity index (χ4n) is 3.33. The van der Waals surface area contributed by atoms with Crippen LogP contribution in [-0.2, 0) is 17.1 Å². The predicted molar refractivity (Wildman–Crippen MR) is 75.8 cm³/mol. The van der Waals surface area contributed by atoms with Gasteiger partial charge in [-0.25, -0.2) is 13.4 Å². The number of sulfonamides is 1. The molecule has 0 N–H and O–H groups in total. The average Bonchev–Trinajstić information content (AvgIpc) is 3.05. The van der Waals surface area contributed by atoms with Crippen LogP contribution in [0.3, 0.4) is 0 Å². The summed E-state index contributed by atoms with van der Waals surface area (Å²) < 4.78 is 28.9. The SMILES string of the molecule is CC[C@H]1CN2CCC[C@@H]2CN1S(=O)(=O)c1cn(C)cn1. The standard InChI is InChI=1S/C13H22N4O2S/c1-3-11-7-16-6-4-5-12(16)8-17(11)20(18,19)13-9-15(2)10-14-13/h9-12H,3-8H2,1-2H3/t11-,12+/m0/s1. The zero-order chi connectivity index (χ0) is 14.3. The van der Waals surface area contributed by atoms with E-state index in [0.717, 1.165) is 25.9 Å². The molecule has 0 unspecified atom stereocenters. The molecule has 1 aromatic heterocycles. The molecule has 112 valence electrons. The van der Waals surface area contributed by atoms with E-state index in [9.17, 15) is 8.42 Å². The van der Waals surface area contributed by atoms with Crippen molar-refractivity contribution in [2.45, 2.75) is 43.3 Å². The van der Waals surface area contributed by atoms with Crippen LogP contribution in [0.1, 0.15) is 26.2 Å². The highest BCUT2D eigenvalue weighted by Crippen LogP contribution is 2.29. The molecule has 2 aliphatic rings. The minimum absolute atomic E-state index is 0.0661. The lowest BCUT2D eigenvalue weighted by atomic mass is 10.1. The lowest BCUT2D eigenvalue weighted by molar-refractivity contribution is 0.106. The number of aryl methyl sites for hydroxylation is 1. The van der Waals surface area contributed by atoms with E-state index in [0.29, 0.717) is 12.6 Å². The summed E-state index contributed by atoms with van der Waals surface area (Å²) in [6.07, 6.45) is 6.25. The van der Waals surface area contributed by atoms with Crippen LogP contribution >= 0.6 is 0 Å². The fraction of sp³-hybridized carbons (Fsp3) is 0.769. The van der Waals surface area contributed by atoms with Gasteiger partial charge in [0.25, 0.3) is 10.0 Å². The molecule has 0 aromatic carbocycles. The number of hydrogen-bond acceptors (Lipinski definition) is 4. The molecular weight excluding hydrogens is 276 g/mol. The Morgan fingerprint density at radius 3 is 2.85 bits per heavy atom. The number of aromatic nitrogens is 2. The van der Waals surface area contributed by atoms with Gasteiger partial charge in [0, 0.05) is 38.4 Å². The highest BCUT2D eigenvalue weighted by molar-refractivity contribution is 7.89. The van der Waals surface area contributed by atoms with Crippen molar-refractivity contribution in [3.63, 3.8) is 0 Å². The van der Waals surface area contributed by atoms with E-state index < -0.39 is 10.0 Å². The molecule has 0 aliphatic carbocycles. The number of piperazine rings is 1. The molecule has 0 saturated carbocycles. The second kappa shape index (κ2) is 5.13. The molecule has 6 nitrogen and oxygen atoms in total. The summed E-state index contributed by atoms with van der Waals surface area (Å²) in [6.45, 7) is 4.63. The van der Waals surface area contributed by atoms with E-state index in [1.54, 1.807) is 28.4 Å². The Morgan fingerprint density at radius 2 is 2.20 bits per heavy atom. The van der Waals surface area contributed by atoms with Gasteiger partial charge in [0.05, 0.1) is 6.33 Å². The quantitative estimate of drug-likeness (QED) is 0.823. The fourth-order valence-corrected chi connectivity index (χ4v) is 5.03. The highest BCUT2D eigenvalue weighted by Gasteiger charge is 2.41. The molecule has 20 heavy (non-hydrogen) atoms. The maximum Gasteiger partial charge on any atom is 0.262 e. The van der Waals surface area contributed by atoms with Crippen LogP contribution in [0.25, 0.3) is 0 Å². The first-order chi connectivity index (χ1) is 9.52. The lowest BCUT2D eigenvalue weighted by Crippen LogP contribution is -2.57. The first-order valence-corrected chi connectivity index (χ1v) is 8.70. The molecule has 0 spiro atoms. The molecule has 2 aliphatic heterocycles. The zero-order valence-electron chi connectivity index (χ0n) is 12.1. The molecule has 1 aromatic rings. The summed E-state index contributed by atoms with van der Waals surface area (Å²) in [5.41, 5.74) is 0. The second-order valence-electron chi connectivity index (χ2n) is 5.81.